The molecule has 1 aromatic heterocycles. The first-order chi connectivity index (χ1) is 9.32. The van der Waals surface area contributed by atoms with Gasteiger partial charge in [-0.3, -0.25) is 0 Å². The van der Waals surface area contributed by atoms with Gasteiger partial charge in [0.2, 0.25) is 5.82 Å². The molecule has 1 aromatic carbocycles. The molecule has 0 spiro atoms. The van der Waals surface area contributed by atoms with Crippen molar-refractivity contribution < 1.29 is 27.1 Å². The number of benzene rings is 1. The molecular formula is C11H8F5N3O. The molecule has 0 saturated carbocycles. The van der Waals surface area contributed by atoms with E-state index in [2.05, 4.69) is 10.3 Å². The molecule has 1 unspecified atom stereocenters. The minimum absolute atomic E-state index is 0.105. The SMILES string of the molecule is CC(O)c1cn(Cc2c(F)c(F)c(F)c(F)c2F)nn1. The minimum atomic E-state index is -2.22. The number of hydrogen-bond donors (Lipinski definition) is 1. The first-order valence-corrected chi connectivity index (χ1v) is 5.41. The molecule has 2 rings (SSSR count). The third-order valence-corrected chi connectivity index (χ3v) is 2.61. The normalized spacial score (nSPS) is 12.8. The summed E-state index contributed by atoms with van der Waals surface area (Å²) < 4.78 is 66.5. The number of hydrogen-bond acceptors (Lipinski definition) is 3. The fourth-order valence-corrected chi connectivity index (χ4v) is 1.53. The third kappa shape index (κ3) is 2.36. The molecule has 2 aromatic rings. The van der Waals surface area contributed by atoms with Gasteiger partial charge in [0, 0.05) is 0 Å². The van der Waals surface area contributed by atoms with Crippen molar-refractivity contribution in [1.82, 2.24) is 15.0 Å². The van der Waals surface area contributed by atoms with Gasteiger partial charge in [0.05, 0.1) is 24.4 Å². The summed E-state index contributed by atoms with van der Waals surface area (Å²) in [6.07, 6.45) is 0.169. The number of nitrogens with zero attached hydrogens (tertiary/aromatic N) is 3. The second kappa shape index (κ2) is 5.16. The van der Waals surface area contributed by atoms with Crippen LogP contribution in [0, 0.1) is 29.1 Å². The van der Waals surface area contributed by atoms with Crippen molar-refractivity contribution in [3.63, 3.8) is 0 Å². The molecule has 0 aliphatic heterocycles. The van der Waals surface area contributed by atoms with E-state index in [-0.39, 0.29) is 5.69 Å². The molecule has 20 heavy (non-hydrogen) atoms. The van der Waals surface area contributed by atoms with Crippen molar-refractivity contribution in [3.05, 3.63) is 46.5 Å². The first-order valence-electron chi connectivity index (χ1n) is 5.41. The Morgan fingerprint density at radius 3 is 2.00 bits per heavy atom. The summed E-state index contributed by atoms with van der Waals surface area (Å²) in [4.78, 5) is 0. The average molecular weight is 293 g/mol. The highest BCUT2D eigenvalue weighted by Gasteiger charge is 2.26. The van der Waals surface area contributed by atoms with Crippen LogP contribution in [0.25, 0.3) is 0 Å². The average Bonchev–Trinajstić information content (AvgIpc) is 2.88. The Bertz CT molecular complexity index is 627. The van der Waals surface area contributed by atoms with Crippen LogP contribution in [-0.4, -0.2) is 20.1 Å². The van der Waals surface area contributed by atoms with Gasteiger partial charge in [-0.15, -0.1) is 5.10 Å². The molecule has 108 valence electrons. The Hall–Kier alpha value is -2.03. The zero-order valence-electron chi connectivity index (χ0n) is 10.0. The summed E-state index contributed by atoms with van der Waals surface area (Å²) in [5.41, 5.74) is -0.919. The van der Waals surface area contributed by atoms with Crippen LogP contribution in [0.5, 0.6) is 0 Å². The molecule has 1 heterocycles. The largest absolute Gasteiger partial charge is 0.387 e. The molecule has 0 amide bonds. The molecule has 0 radical (unpaired) electrons. The van der Waals surface area contributed by atoms with Crippen LogP contribution in [0.4, 0.5) is 22.0 Å². The highest BCUT2D eigenvalue weighted by molar-refractivity contribution is 5.24. The third-order valence-electron chi connectivity index (χ3n) is 2.61. The summed E-state index contributed by atoms with van der Waals surface area (Å²) >= 11 is 0. The fourth-order valence-electron chi connectivity index (χ4n) is 1.53. The number of aromatic nitrogens is 3. The summed E-state index contributed by atoms with van der Waals surface area (Å²) in [6, 6.07) is 0. The molecule has 0 aliphatic carbocycles. The smallest absolute Gasteiger partial charge is 0.200 e. The van der Waals surface area contributed by atoms with Gasteiger partial charge in [-0.1, -0.05) is 5.21 Å². The summed E-state index contributed by atoms with van der Waals surface area (Å²) in [5, 5.41) is 16.1. The first kappa shape index (κ1) is 14.4. The second-order valence-corrected chi connectivity index (χ2v) is 4.07. The van der Waals surface area contributed by atoms with Gasteiger partial charge in [0.1, 0.15) is 5.69 Å². The van der Waals surface area contributed by atoms with Crippen LogP contribution in [0.3, 0.4) is 0 Å². The van der Waals surface area contributed by atoms with Gasteiger partial charge >= 0.3 is 0 Å². The van der Waals surface area contributed by atoms with Crippen LogP contribution >= 0.6 is 0 Å². The monoisotopic (exact) mass is 293 g/mol. The van der Waals surface area contributed by atoms with E-state index in [1.807, 2.05) is 0 Å². The van der Waals surface area contributed by atoms with Gasteiger partial charge < -0.3 is 5.11 Å². The molecule has 0 fully saturated rings. The molecule has 0 bridgehead atoms. The number of halogens is 5. The van der Waals surface area contributed by atoms with Crippen LogP contribution in [-0.2, 0) is 6.54 Å². The van der Waals surface area contributed by atoms with E-state index >= 15 is 0 Å². The standard InChI is InChI=1S/C11H8F5N3O/c1-4(20)6-3-19(18-17-6)2-5-7(12)9(14)11(16)10(15)8(5)13/h3-4,20H,2H2,1H3. The Kier molecular flexibility index (Phi) is 3.71. The van der Waals surface area contributed by atoms with E-state index in [0.29, 0.717) is 0 Å². The van der Waals surface area contributed by atoms with Crippen molar-refractivity contribution in [2.75, 3.05) is 0 Å². The fraction of sp³-hybridized carbons (Fsp3) is 0.273. The lowest BCUT2D eigenvalue weighted by molar-refractivity contribution is 0.194. The van der Waals surface area contributed by atoms with Crippen LogP contribution in [0.15, 0.2) is 6.20 Å². The lowest BCUT2D eigenvalue weighted by Crippen LogP contribution is -2.11. The maximum atomic E-state index is 13.4. The summed E-state index contributed by atoms with van der Waals surface area (Å²) in [7, 11) is 0. The zero-order chi connectivity index (χ0) is 15.0. The van der Waals surface area contributed by atoms with Crippen molar-refractivity contribution >= 4 is 0 Å². The predicted molar refractivity (Wildman–Crippen MR) is 56.0 cm³/mol. The Labute approximate surface area is 109 Å². The lowest BCUT2D eigenvalue weighted by Gasteiger charge is -2.07. The van der Waals surface area contributed by atoms with E-state index in [0.717, 1.165) is 10.9 Å². The molecule has 1 atom stereocenters. The summed E-state index contributed by atoms with van der Waals surface area (Å²) in [6.45, 7) is 0.679. The van der Waals surface area contributed by atoms with Crippen molar-refractivity contribution in [2.24, 2.45) is 0 Å². The Balaban J connectivity index is 2.43. The zero-order valence-corrected chi connectivity index (χ0v) is 10.0. The van der Waals surface area contributed by atoms with Gasteiger partial charge in [0.25, 0.3) is 0 Å². The molecule has 9 heteroatoms. The van der Waals surface area contributed by atoms with E-state index in [9.17, 15) is 27.1 Å². The molecule has 0 saturated heterocycles. The van der Waals surface area contributed by atoms with Gasteiger partial charge in [0.15, 0.2) is 23.3 Å². The van der Waals surface area contributed by atoms with Crippen molar-refractivity contribution in [2.45, 2.75) is 19.6 Å². The number of aliphatic hydroxyl groups excluding tert-OH is 1. The van der Waals surface area contributed by atoms with E-state index < -0.39 is 47.3 Å². The minimum Gasteiger partial charge on any atom is -0.387 e. The highest BCUT2D eigenvalue weighted by Crippen LogP contribution is 2.23. The highest BCUT2D eigenvalue weighted by atomic mass is 19.2. The lowest BCUT2D eigenvalue weighted by atomic mass is 10.1. The Morgan fingerprint density at radius 1 is 1.05 bits per heavy atom. The maximum Gasteiger partial charge on any atom is 0.200 e. The van der Waals surface area contributed by atoms with E-state index in [1.165, 1.54) is 6.92 Å². The number of rotatable bonds is 3. The summed E-state index contributed by atoms with van der Waals surface area (Å²) in [5.74, 6) is -10.1. The van der Waals surface area contributed by atoms with E-state index in [1.54, 1.807) is 0 Å². The molecular weight excluding hydrogens is 285 g/mol. The van der Waals surface area contributed by atoms with Gasteiger partial charge in [-0.05, 0) is 6.92 Å². The number of aliphatic hydroxyl groups is 1. The molecule has 0 aliphatic rings. The van der Waals surface area contributed by atoms with Crippen LogP contribution in [0.1, 0.15) is 24.3 Å². The van der Waals surface area contributed by atoms with Crippen molar-refractivity contribution in [1.29, 1.82) is 0 Å². The van der Waals surface area contributed by atoms with Crippen LogP contribution in [0.2, 0.25) is 0 Å². The molecule has 4 nitrogen and oxygen atoms in total. The topological polar surface area (TPSA) is 50.9 Å². The van der Waals surface area contributed by atoms with Gasteiger partial charge in [-0.25, -0.2) is 26.6 Å². The molecule has 1 N–H and O–H groups in total. The Morgan fingerprint density at radius 2 is 1.55 bits per heavy atom. The van der Waals surface area contributed by atoms with E-state index in [4.69, 9.17) is 0 Å². The second-order valence-electron chi connectivity index (χ2n) is 4.07. The maximum absolute atomic E-state index is 13.4. The van der Waals surface area contributed by atoms with Gasteiger partial charge in [-0.2, -0.15) is 0 Å². The quantitative estimate of drug-likeness (QED) is 0.535. The van der Waals surface area contributed by atoms with Crippen molar-refractivity contribution in [3.8, 4) is 0 Å². The predicted octanol–water partition coefficient (Wildman–Crippen LogP) is 2.08. The van der Waals surface area contributed by atoms with Crippen LogP contribution < -0.4 is 0 Å².